The lowest BCUT2D eigenvalue weighted by Crippen LogP contribution is -1.97. The van der Waals surface area contributed by atoms with Crippen molar-refractivity contribution in [2.24, 2.45) is 0 Å². The Kier molecular flexibility index (Phi) is 6.76. The van der Waals surface area contributed by atoms with Gasteiger partial charge in [0.05, 0.1) is 11.4 Å². The third-order valence-corrected chi connectivity index (χ3v) is 7.08. The molecule has 4 heterocycles. The van der Waals surface area contributed by atoms with Crippen LogP contribution in [0, 0.1) is 0 Å². The molecule has 0 aliphatic carbocycles. The number of benzene rings is 3. The summed E-state index contributed by atoms with van der Waals surface area (Å²) in [6.45, 7) is 0. The van der Waals surface area contributed by atoms with Crippen LogP contribution in [-0.2, 0) is 0 Å². The first-order valence-electron chi connectivity index (χ1n) is 13.6. The first kappa shape index (κ1) is 25.1. The van der Waals surface area contributed by atoms with E-state index in [1.54, 1.807) is 24.8 Å². The quantitative estimate of drug-likeness (QED) is 0.212. The van der Waals surface area contributed by atoms with E-state index in [-0.39, 0.29) is 0 Å². The molecule has 0 spiro atoms. The van der Waals surface area contributed by atoms with Gasteiger partial charge in [0.1, 0.15) is 0 Å². The highest BCUT2D eigenvalue weighted by molar-refractivity contribution is 5.93. The third kappa shape index (κ3) is 5.05. The molecule has 0 saturated heterocycles. The van der Waals surface area contributed by atoms with Gasteiger partial charge in [0, 0.05) is 59.4 Å². The predicted molar refractivity (Wildman–Crippen MR) is 166 cm³/mol. The Hall–Kier alpha value is -5.88. The largest absolute Gasteiger partial charge is 0.256 e. The van der Waals surface area contributed by atoms with Crippen LogP contribution in [0.1, 0.15) is 0 Å². The van der Waals surface area contributed by atoms with E-state index in [2.05, 4.69) is 90.6 Å². The van der Waals surface area contributed by atoms with E-state index in [1.807, 2.05) is 60.9 Å². The van der Waals surface area contributed by atoms with E-state index in [4.69, 9.17) is 0 Å². The van der Waals surface area contributed by atoms with Crippen LogP contribution in [0.15, 0.2) is 146 Å². The number of hydrogen-bond acceptors (Lipinski definition) is 6. The van der Waals surface area contributed by atoms with E-state index in [1.165, 1.54) is 0 Å². The van der Waals surface area contributed by atoms with Crippen LogP contribution in [0.2, 0.25) is 0 Å². The van der Waals surface area contributed by atoms with Crippen molar-refractivity contribution in [1.29, 1.82) is 0 Å². The first-order chi connectivity index (χ1) is 20.8. The zero-order valence-electron chi connectivity index (χ0n) is 22.5. The molecular weight excluding hydrogens is 516 g/mol. The summed E-state index contributed by atoms with van der Waals surface area (Å²) in [6, 6.07) is 36.7. The van der Waals surface area contributed by atoms with E-state index in [0.717, 1.165) is 55.9 Å². The topological polar surface area (TPSA) is 77.3 Å². The summed E-state index contributed by atoms with van der Waals surface area (Å²) < 4.78 is 0. The molecule has 0 N–H and O–H groups in total. The first-order valence-corrected chi connectivity index (χ1v) is 13.6. The summed E-state index contributed by atoms with van der Waals surface area (Å²) in [5.41, 5.74) is 9.88. The third-order valence-electron chi connectivity index (χ3n) is 7.08. The van der Waals surface area contributed by atoms with E-state index >= 15 is 0 Å². The lowest BCUT2D eigenvalue weighted by atomic mass is 9.89. The predicted octanol–water partition coefficient (Wildman–Crippen LogP) is 8.06. The van der Waals surface area contributed by atoms with Gasteiger partial charge < -0.3 is 0 Å². The van der Waals surface area contributed by atoms with Crippen molar-refractivity contribution in [3.63, 3.8) is 0 Å². The molecule has 198 valence electrons. The smallest absolute Gasteiger partial charge is 0.159 e. The molecule has 42 heavy (non-hydrogen) atoms. The fraction of sp³-hybridized carbons (Fsp3) is 0. The van der Waals surface area contributed by atoms with Crippen molar-refractivity contribution < 1.29 is 0 Å². The van der Waals surface area contributed by atoms with Gasteiger partial charge in [-0.1, -0.05) is 60.7 Å². The number of aromatic nitrogens is 6. The van der Waals surface area contributed by atoms with Crippen molar-refractivity contribution in [1.82, 2.24) is 29.9 Å². The zero-order valence-corrected chi connectivity index (χ0v) is 22.5. The molecule has 0 atom stereocenters. The molecule has 0 aliphatic heterocycles. The highest BCUT2D eigenvalue weighted by atomic mass is 14.9. The van der Waals surface area contributed by atoms with Crippen molar-refractivity contribution in [3.05, 3.63) is 146 Å². The van der Waals surface area contributed by atoms with E-state index in [0.29, 0.717) is 11.6 Å². The molecular formula is C36H24N6. The minimum Gasteiger partial charge on any atom is -0.256 e. The van der Waals surface area contributed by atoms with Gasteiger partial charge in [-0.3, -0.25) is 9.97 Å². The molecule has 4 aromatic heterocycles. The maximum Gasteiger partial charge on any atom is 0.159 e. The number of pyridine rings is 2. The molecule has 0 saturated carbocycles. The summed E-state index contributed by atoms with van der Waals surface area (Å²) in [5.74, 6) is 1.27. The Morgan fingerprint density at radius 1 is 0.286 bits per heavy atom. The van der Waals surface area contributed by atoms with E-state index < -0.39 is 0 Å². The van der Waals surface area contributed by atoms with E-state index in [9.17, 15) is 0 Å². The Morgan fingerprint density at radius 3 is 1.02 bits per heavy atom. The molecule has 0 amide bonds. The maximum absolute atomic E-state index is 4.61. The fourth-order valence-electron chi connectivity index (χ4n) is 5.03. The SMILES string of the molecule is c1ccc(-c2ccc(-c3cc(-c4ccc(-c5ccccn5)cc4)c(-c4ncccn4)cc3-c3ncccn3)cc2)nc1. The van der Waals surface area contributed by atoms with Gasteiger partial charge in [0.15, 0.2) is 11.6 Å². The van der Waals surface area contributed by atoms with Crippen LogP contribution in [0.25, 0.3) is 67.5 Å². The normalized spacial score (nSPS) is 10.9. The summed E-state index contributed by atoms with van der Waals surface area (Å²) in [7, 11) is 0. The van der Waals surface area contributed by atoms with Crippen LogP contribution in [0.5, 0.6) is 0 Å². The highest BCUT2D eigenvalue weighted by Gasteiger charge is 2.19. The average molecular weight is 541 g/mol. The molecule has 3 aromatic carbocycles. The molecule has 7 aromatic rings. The minimum atomic E-state index is 0.635. The molecule has 6 nitrogen and oxygen atoms in total. The molecule has 7 rings (SSSR count). The summed E-state index contributed by atoms with van der Waals surface area (Å²) in [4.78, 5) is 27.5. The second-order valence-electron chi connectivity index (χ2n) is 9.67. The Labute approximate surface area is 243 Å². The molecule has 0 radical (unpaired) electrons. The van der Waals surface area contributed by atoms with Gasteiger partial charge in [-0.2, -0.15) is 0 Å². The van der Waals surface area contributed by atoms with Gasteiger partial charge in [0.2, 0.25) is 0 Å². The van der Waals surface area contributed by atoms with Crippen LogP contribution >= 0.6 is 0 Å². The second kappa shape index (κ2) is 11.3. The van der Waals surface area contributed by atoms with Crippen LogP contribution in [0.3, 0.4) is 0 Å². The highest BCUT2D eigenvalue weighted by Crippen LogP contribution is 2.41. The van der Waals surface area contributed by atoms with Crippen molar-refractivity contribution in [3.8, 4) is 67.5 Å². The Balaban J connectivity index is 1.42. The van der Waals surface area contributed by atoms with Crippen LogP contribution < -0.4 is 0 Å². The van der Waals surface area contributed by atoms with Gasteiger partial charge in [-0.05, 0) is 70.8 Å². The Bertz CT molecular complexity index is 1790. The minimum absolute atomic E-state index is 0.635. The molecule has 6 heteroatoms. The summed E-state index contributed by atoms with van der Waals surface area (Å²) >= 11 is 0. The van der Waals surface area contributed by atoms with Crippen molar-refractivity contribution >= 4 is 0 Å². The lowest BCUT2D eigenvalue weighted by Gasteiger charge is -2.17. The maximum atomic E-state index is 4.61. The van der Waals surface area contributed by atoms with Gasteiger partial charge in [-0.15, -0.1) is 0 Å². The summed E-state index contributed by atoms with van der Waals surface area (Å²) in [5, 5.41) is 0. The van der Waals surface area contributed by atoms with Gasteiger partial charge in [-0.25, -0.2) is 19.9 Å². The molecule has 0 fully saturated rings. The molecule has 0 bridgehead atoms. The average Bonchev–Trinajstić information content (AvgIpc) is 3.09. The van der Waals surface area contributed by atoms with Gasteiger partial charge in [0.25, 0.3) is 0 Å². The number of rotatable bonds is 6. The van der Waals surface area contributed by atoms with Crippen LogP contribution in [0.4, 0.5) is 0 Å². The molecule has 0 aliphatic rings. The van der Waals surface area contributed by atoms with Crippen molar-refractivity contribution in [2.75, 3.05) is 0 Å². The second-order valence-corrected chi connectivity index (χ2v) is 9.67. The monoisotopic (exact) mass is 540 g/mol. The van der Waals surface area contributed by atoms with Crippen LogP contribution in [-0.4, -0.2) is 29.9 Å². The molecule has 0 unspecified atom stereocenters. The van der Waals surface area contributed by atoms with Gasteiger partial charge >= 0.3 is 0 Å². The number of hydrogen-bond donors (Lipinski definition) is 0. The summed E-state index contributed by atoms with van der Waals surface area (Å²) in [6.07, 6.45) is 10.7. The Morgan fingerprint density at radius 2 is 0.643 bits per heavy atom. The number of nitrogens with zero attached hydrogens (tertiary/aromatic N) is 6. The zero-order chi connectivity index (χ0) is 28.1. The van der Waals surface area contributed by atoms with Crippen molar-refractivity contribution in [2.45, 2.75) is 0 Å². The fourth-order valence-corrected chi connectivity index (χ4v) is 5.03. The standard InChI is InChI=1S/C36H24N6/c1-3-17-37-33(7-1)27-13-9-25(10-14-27)29-23-30(26-11-15-28(16-12-26)34-8-2-4-18-38-34)32(36-41-21-6-22-42-36)24-31(29)35-39-19-5-20-40-35/h1-24H. The lowest BCUT2D eigenvalue weighted by molar-refractivity contribution is 1.16.